The molecule has 0 aliphatic heterocycles. The minimum absolute atomic E-state index is 0.658. The summed E-state index contributed by atoms with van der Waals surface area (Å²) in [5, 5.41) is 13.5. The molecule has 1 aliphatic carbocycles. The second-order valence-corrected chi connectivity index (χ2v) is 4.80. The largest absolute Gasteiger partial charge is 0.481 e. The first-order valence-corrected chi connectivity index (χ1v) is 6.01. The summed E-state index contributed by atoms with van der Waals surface area (Å²) in [4.78, 5) is 11.2. The highest BCUT2D eigenvalue weighted by Crippen LogP contribution is 2.48. The molecule has 1 aliphatic rings. The Bertz CT molecular complexity index is 570. The van der Waals surface area contributed by atoms with Gasteiger partial charge in [0.1, 0.15) is 0 Å². The number of aliphatic carboxylic acids is 1. The maximum Gasteiger partial charge on any atom is 0.314 e. The number of carbonyl (C=O) groups is 1. The number of hydrogen-bond donors (Lipinski definition) is 1. The number of rotatable bonds is 4. The molecule has 1 fully saturated rings. The van der Waals surface area contributed by atoms with E-state index in [9.17, 15) is 9.90 Å². The highest BCUT2D eigenvalue weighted by atomic mass is 16.4. The predicted octanol–water partition coefficient (Wildman–Crippen LogP) is 2.05. The van der Waals surface area contributed by atoms with E-state index in [1.807, 2.05) is 36.5 Å². The van der Waals surface area contributed by atoms with E-state index < -0.39 is 11.4 Å². The van der Waals surface area contributed by atoms with Gasteiger partial charge in [-0.25, -0.2) is 0 Å². The van der Waals surface area contributed by atoms with Crippen molar-refractivity contribution in [2.24, 2.45) is 0 Å². The van der Waals surface area contributed by atoms with Crippen molar-refractivity contribution >= 4 is 5.97 Å². The normalized spacial score (nSPS) is 16.4. The third kappa shape index (κ3) is 1.79. The van der Waals surface area contributed by atoms with Crippen LogP contribution in [0.1, 0.15) is 24.0 Å². The molecule has 1 saturated carbocycles. The Kier molecular flexibility index (Phi) is 2.44. The van der Waals surface area contributed by atoms with Crippen LogP contribution in [-0.2, 0) is 16.8 Å². The Morgan fingerprint density at radius 2 is 2.06 bits per heavy atom. The zero-order valence-corrected chi connectivity index (χ0v) is 9.91. The van der Waals surface area contributed by atoms with E-state index >= 15 is 0 Å². The molecule has 0 amide bonds. The summed E-state index contributed by atoms with van der Waals surface area (Å²) in [5.41, 5.74) is 1.33. The van der Waals surface area contributed by atoms with Crippen molar-refractivity contribution in [2.45, 2.75) is 24.8 Å². The van der Waals surface area contributed by atoms with Crippen molar-refractivity contribution in [1.82, 2.24) is 9.78 Å². The van der Waals surface area contributed by atoms with Crippen LogP contribution in [0.15, 0.2) is 42.7 Å². The minimum atomic E-state index is -0.734. The number of carboxylic acid groups (broad SMARTS) is 1. The van der Waals surface area contributed by atoms with E-state index in [4.69, 9.17) is 0 Å². The van der Waals surface area contributed by atoms with Crippen LogP contribution in [-0.4, -0.2) is 20.9 Å². The van der Waals surface area contributed by atoms with Gasteiger partial charge < -0.3 is 5.11 Å². The Morgan fingerprint density at radius 1 is 1.33 bits per heavy atom. The summed E-state index contributed by atoms with van der Waals surface area (Å²) >= 11 is 0. The van der Waals surface area contributed by atoms with E-state index in [1.54, 1.807) is 10.9 Å². The summed E-state index contributed by atoms with van der Waals surface area (Å²) in [6.07, 6.45) is 4.98. The van der Waals surface area contributed by atoms with Gasteiger partial charge in [0.15, 0.2) is 0 Å². The van der Waals surface area contributed by atoms with E-state index in [-0.39, 0.29) is 0 Å². The SMILES string of the molecule is O=C(O)C1(c2cnn(Cc3ccccc3)c2)CC1. The molecule has 0 radical (unpaired) electrons. The van der Waals surface area contributed by atoms with E-state index in [2.05, 4.69) is 5.10 Å². The van der Waals surface area contributed by atoms with Crippen LogP contribution in [0.5, 0.6) is 0 Å². The summed E-state index contributed by atoms with van der Waals surface area (Å²) in [7, 11) is 0. The van der Waals surface area contributed by atoms with Gasteiger partial charge in [0, 0.05) is 11.8 Å². The number of aromatic nitrogens is 2. The van der Waals surface area contributed by atoms with Gasteiger partial charge in [-0.3, -0.25) is 9.48 Å². The summed E-state index contributed by atoms with van der Waals surface area (Å²) in [6.45, 7) is 0.677. The Labute approximate surface area is 105 Å². The third-order valence-electron chi connectivity index (χ3n) is 3.53. The molecule has 2 aromatic rings. The highest BCUT2D eigenvalue weighted by molar-refractivity contribution is 5.84. The Hall–Kier alpha value is -2.10. The van der Waals surface area contributed by atoms with Crippen molar-refractivity contribution in [3.63, 3.8) is 0 Å². The number of nitrogens with zero attached hydrogens (tertiary/aromatic N) is 2. The van der Waals surface area contributed by atoms with Crippen molar-refractivity contribution in [2.75, 3.05) is 0 Å². The van der Waals surface area contributed by atoms with Crippen molar-refractivity contribution in [3.8, 4) is 0 Å². The third-order valence-corrected chi connectivity index (χ3v) is 3.53. The van der Waals surface area contributed by atoms with E-state index in [1.165, 1.54) is 0 Å². The molecule has 0 atom stereocenters. The second-order valence-electron chi connectivity index (χ2n) is 4.80. The molecule has 1 heterocycles. The molecular weight excluding hydrogens is 228 g/mol. The van der Waals surface area contributed by atoms with Crippen LogP contribution >= 0.6 is 0 Å². The van der Waals surface area contributed by atoms with Crippen molar-refractivity contribution in [1.29, 1.82) is 0 Å². The summed E-state index contributed by atoms with van der Waals surface area (Å²) in [5.74, 6) is -0.734. The fraction of sp³-hybridized carbons (Fsp3) is 0.286. The molecule has 92 valence electrons. The first-order valence-electron chi connectivity index (χ1n) is 6.01. The van der Waals surface area contributed by atoms with Gasteiger partial charge in [0.2, 0.25) is 0 Å². The van der Waals surface area contributed by atoms with Gasteiger partial charge in [0.05, 0.1) is 18.2 Å². The monoisotopic (exact) mass is 242 g/mol. The Morgan fingerprint density at radius 3 is 2.67 bits per heavy atom. The van der Waals surface area contributed by atoms with Crippen LogP contribution in [0.3, 0.4) is 0 Å². The predicted molar refractivity (Wildman–Crippen MR) is 66.3 cm³/mol. The fourth-order valence-corrected chi connectivity index (χ4v) is 2.22. The molecule has 1 aromatic heterocycles. The molecular formula is C14H14N2O2. The van der Waals surface area contributed by atoms with Gasteiger partial charge in [-0.05, 0) is 18.4 Å². The van der Waals surface area contributed by atoms with Crippen LogP contribution in [0.4, 0.5) is 0 Å². The maximum atomic E-state index is 11.2. The molecule has 1 N–H and O–H groups in total. The van der Waals surface area contributed by atoms with Crippen LogP contribution in [0.25, 0.3) is 0 Å². The molecule has 0 unspecified atom stereocenters. The van der Waals surface area contributed by atoms with Gasteiger partial charge in [-0.1, -0.05) is 30.3 Å². The van der Waals surface area contributed by atoms with Gasteiger partial charge in [0.25, 0.3) is 0 Å². The Balaban J connectivity index is 1.81. The molecule has 1 aromatic carbocycles. The van der Waals surface area contributed by atoms with Gasteiger partial charge in [-0.2, -0.15) is 5.10 Å². The average molecular weight is 242 g/mol. The minimum Gasteiger partial charge on any atom is -0.481 e. The quantitative estimate of drug-likeness (QED) is 0.892. The lowest BCUT2D eigenvalue weighted by molar-refractivity contribution is -0.140. The van der Waals surface area contributed by atoms with Crippen LogP contribution in [0.2, 0.25) is 0 Å². The summed E-state index contributed by atoms with van der Waals surface area (Å²) < 4.78 is 1.80. The molecule has 0 spiro atoms. The molecule has 4 nitrogen and oxygen atoms in total. The molecule has 0 bridgehead atoms. The van der Waals surface area contributed by atoms with E-state index in [0.29, 0.717) is 6.54 Å². The van der Waals surface area contributed by atoms with Crippen LogP contribution in [0, 0.1) is 0 Å². The average Bonchev–Trinajstić information content (AvgIpc) is 3.07. The first kappa shape index (κ1) is 11.0. The molecule has 18 heavy (non-hydrogen) atoms. The smallest absolute Gasteiger partial charge is 0.314 e. The van der Waals surface area contributed by atoms with Crippen LogP contribution < -0.4 is 0 Å². The maximum absolute atomic E-state index is 11.2. The lowest BCUT2D eigenvalue weighted by Crippen LogP contribution is -2.18. The van der Waals surface area contributed by atoms with E-state index in [0.717, 1.165) is 24.0 Å². The lowest BCUT2D eigenvalue weighted by Gasteiger charge is -2.05. The lowest BCUT2D eigenvalue weighted by atomic mass is 10.0. The van der Waals surface area contributed by atoms with Gasteiger partial charge in [-0.15, -0.1) is 0 Å². The number of hydrogen-bond acceptors (Lipinski definition) is 2. The molecule has 4 heteroatoms. The fourth-order valence-electron chi connectivity index (χ4n) is 2.22. The van der Waals surface area contributed by atoms with Crippen molar-refractivity contribution < 1.29 is 9.90 Å². The standard InChI is InChI=1S/C14H14N2O2/c17-13(18)14(6-7-14)12-8-15-16(10-12)9-11-4-2-1-3-5-11/h1-5,8,10H,6-7,9H2,(H,17,18). The topological polar surface area (TPSA) is 55.1 Å². The zero-order valence-electron chi connectivity index (χ0n) is 9.91. The number of benzene rings is 1. The first-order chi connectivity index (χ1) is 8.71. The van der Waals surface area contributed by atoms with Crippen molar-refractivity contribution in [3.05, 3.63) is 53.9 Å². The molecule has 0 saturated heterocycles. The molecule has 3 rings (SSSR count). The number of carboxylic acids is 1. The second kappa shape index (κ2) is 3.98. The highest BCUT2D eigenvalue weighted by Gasteiger charge is 2.52. The van der Waals surface area contributed by atoms with Gasteiger partial charge >= 0.3 is 5.97 Å². The zero-order chi connectivity index (χ0) is 12.6. The summed E-state index contributed by atoms with van der Waals surface area (Å²) in [6, 6.07) is 10.0.